The largest absolute Gasteiger partial charge is 0.274 e. The van der Waals surface area contributed by atoms with Gasteiger partial charge in [-0.3, -0.25) is 9.59 Å². The van der Waals surface area contributed by atoms with Crippen molar-refractivity contribution in [1.82, 2.24) is 0 Å². The molecular formula is C15H11ClFNO2. The summed E-state index contributed by atoms with van der Waals surface area (Å²) in [5.41, 5.74) is 0.0122. The lowest BCUT2D eigenvalue weighted by molar-refractivity contribution is -0.123. The van der Waals surface area contributed by atoms with E-state index in [0.717, 1.165) is 17.4 Å². The maximum Gasteiger partial charge on any atom is 0.238 e. The highest BCUT2D eigenvalue weighted by molar-refractivity contribution is 6.31. The lowest BCUT2D eigenvalue weighted by atomic mass is 9.85. The molecule has 102 valence electrons. The van der Waals surface area contributed by atoms with Crippen LogP contribution in [-0.2, 0) is 9.59 Å². The van der Waals surface area contributed by atoms with Crippen LogP contribution in [0.1, 0.15) is 6.42 Å². The van der Waals surface area contributed by atoms with Crippen LogP contribution in [0, 0.1) is 29.5 Å². The van der Waals surface area contributed by atoms with Gasteiger partial charge in [-0.25, -0.2) is 9.29 Å². The molecule has 4 atom stereocenters. The minimum Gasteiger partial charge on any atom is -0.274 e. The van der Waals surface area contributed by atoms with Gasteiger partial charge in [0.25, 0.3) is 0 Å². The van der Waals surface area contributed by atoms with Crippen molar-refractivity contribution < 1.29 is 14.0 Å². The Morgan fingerprint density at radius 2 is 1.70 bits per heavy atom. The van der Waals surface area contributed by atoms with Crippen LogP contribution in [0.15, 0.2) is 30.4 Å². The van der Waals surface area contributed by atoms with Crippen molar-refractivity contribution in [2.75, 3.05) is 4.90 Å². The molecule has 3 aliphatic rings. The lowest BCUT2D eigenvalue weighted by Gasteiger charge is -2.17. The highest BCUT2D eigenvalue weighted by Crippen LogP contribution is 2.53. The Hall–Kier alpha value is -1.68. The monoisotopic (exact) mass is 291 g/mol. The van der Waals surface area contributed by atoms with E-state index in [0.29, 0.717) is 0 Å². The molecule has 2 aliphatic carbocycles. The first-order valence-corrected chi connectivity index (χ1v) is 6.97. The van der Waals surface area contributed by atoms with E-state index < -0.39 is 5.82 Å². The zero-order chi connectivity index (χ0) is 14.0. The normalized spacial score (nSPS) is 34.2. The van der Waals surface area contributed by atoms with Crippen LogP contribution >= 0.6 is 11.6 Å². The number of carbonyl (C=O) groups is 2. The fraction of sp³-hybridized carbons (Fsp3) is 0.333. The standard InChI is InChI=1S/C15H11ClFNO2/c16-9-3-4-11(10(17)6-9)18-14(19)12-7-1-2-8(5-7)13(12)15(18)20/h1-4,6-8,12-13H,5H2/t7-,8-,12-,13+/m0/s1. The molecule has 0 radical (unpaired) electrons. The van der Waals surface area contributed by atoms with Crippen LogP contribution in [0.2, 0.25) is 5.02 Å². The first-order chi connectivity index (χ1) is 9.58. The second-order valence-corrected chi connectivity index (χ2v) is 6.04. The summed E-state index contributed by atoms with van der Waals surface area (Å²) in [4.78, 5) is 26.0. The maximum atomic E-state index is 14.0. The smallest absolute Gasteiger partial charge is 0.238 e. The minimum atomic E-state index is -0.639. The number of benzene rings is 1. The molecule has 0 aromatic heterocycles. The summed E-state index contributed by atoms with van der Waals surface area (Å²) < 4.78 is 14.0. The summed E-state index contributed by atoms with van der Waals surface area (Å²) in [6.07, 6.45) is 4.89. The number of hydrogen-bond acceptors (Lipinski definition) is 2. The van der Waals surface area contributed by atoms with Crippen molar-refractivity contribution in [3.05, 3.63) is 41.2 Å². The van der Waals surface area contributed by atoms with Crippen molar-refractivity contribution in [3.8, 4) is 0 Å². The van der Waals surface area contributed by atoms with Crippen LogP contribution in [0.25, 0.3) is 0 Å². The second kappa shape index (κ2) is 3.92. The average molecular weight is 292 g/mol. The van der Waals surface area contributed by atoms with Gasteiger partial charge >= 0.3 is 0 Å². The number of nitrogens with zero attached hydrogens (tertiary/aromatic N) is 1. The Labute approximate surface area is 120 Å². The van der Waals surface area contributed by atoms with Gasteiger partial charge in [0.15, 0.2) is 0 Å². The summed E-state index contributed by atoms with van der Waals surface area (Å²) in [5.74, 6) is -1.57. The van der Waals surface area contributed by atoms with E-state index in [1.54, 1.807) is 0 Å². The molecule has 4 rings (SSSR count). The fourth-order valence-corrected chi connectivity index (χ4v) is 3.96. The molecule has 1 saturated heterocycles. The van der Waals surface area contributed by atoms with Crippen molar-refractivity contribution in [2.24, 2.45) is 23.7 Å². The summed E-state index contributed by atoms with van der Waals surface area (Å²) in [6.45, 7) is 0. The first-order valence-electron chi connectivity index (χ1n) is 6.59. The molecule has 5 heteroatoms. The van der Waals surface area contributed by atoms with E-state index >= 15 is 0 Å². The zero-order valence-electron chi connectivity index (χ0n) is 10.4. The maximum absolute atomic E-state index is 14.0. The summed E-state index contributed by atoms with van der Waals surface area (Å²) >= 11 is 5.71. The molecule has 2 bridgehead atoms. The van der Waals surface area contributed by atoms with Crippen LogP contribution in [0.3, 0.4) is 0 Å². The Balaban J connectivity index is 1.78. The third-order valence-electron chi connectivity index (χ3n) is 4.62. The van der Waals surface area contributed by atoms with E-state index in [2.05, 4.69) is 0 Å². The number of amides is 2. The molecule has 3 nitrogen and oxygen atoms in total. The summed E-state index contributed by atoms with van der Waals surface area (Å²) in [7, 11) is 0. The predicted octanol–water partition coefficient (Wildman–Crippen LogP) is 2.79. The third kappa shape index (κ3) is 1.40. The Morgan fingerprint density at radius 3 is 2.25 bits per heavy atom. The lowest BCUT2D eigenvalue weighted by Crippen LogP contribution is -2.33. The molecule has 1 saturated carbocycles. The van der Waals surface area contributed by atoms with Crippen molar-refractivity contribution in [3.63, 3.8) is 0 Å². The third-order valence-corrected chi connectivity index (χ3v) is 4.86. The summed E-state index contributed by atoms with van der Waals surface area (Å²) in [6, 6.07) is 4.00. The second-order valence-electron chi connectivity index (χ2n) is 5.61. The van der Waals surface area contributed by atoms with E-state index in [-0.39, 0.29) is 46.2 Å². The minimum absolute atomic E-state index is 0.0122. The van der Waals surface area contributed by atoms with Crippen LogP contribution in [0.5, 0.6) is 0 Å². The number of halogens is 2. The molecule has 1 aromatic rings. The van der Waals surface area contributed by atoms with E-state index in [1.807, 2.05) is 12.2 Å². The number of rotatable bonds is 1. The van der Waals surface area contributed by atoms with Crippen molar-refractivity contribution in [1.29, 1.82) is 0 Å². The fourth-order valence-electron chi connectivity index (χ4n) is 3.80. The number of anilines is 1. The van der Waals surface area contributed by atoms with Crippen molar-refractivity contribution >= 4 is 29.1 Å². The van der Waals surface area contributed by atoms with Gasteiger partial charge in [-0.1, -0.05) is 23.8 Å². The average Bonchev–Trinajstić information content (AvgIpc) is 3.06. The molecule has 2 amide bonds. The Bertz CT molecular complexity index is 642. The molecule has 0 unspecified atom stereocenters. The van der Waals surface area contributed by atoms with Crippen LogP contribution in [0.4, 0.5) is 10.1 Å². The van der Waals surface area contributed by atoms with Gasteiger partial charge < -0.3 is 0 Å². The van der Waals surface area contributed by atoms with Crippen LogP contribution in [-0.4, -0.2) is 11.8 Å². The van der Waals surface area contributed by atoms with Crippen LogP contribution < -0.4 is 4.90 Å². The SMILES string of the molecule is O=C1[C@@H]2[C@H](C(=O)N1c1ccc(Cl)cc1F)[C@H]1C=C[C@H]2C1. The quantitative estimate of drug-likeness (QED) is 0.589. The Morgan fingerprint density at radius 1 is 1.10 bits per heavy atom. The number of imide groups is 1. The predicted molar refractivity (Wildman–Crippen MR) is 71.6 cm³/mol. The molecule has 1 aliphatic heterocycles. The molecule has 1 aromatic carbocycles. The van der Waals surface area contributed by atoms with Gasteiger partial charge in [-0.15, -0.1) is 0 Å². The number of allylic oxidation sites excluding steroid dienone is 2. The molecule has 0 spiro atoms. The molecule has 0 N–H and O–H groups in total. The highest BCUT2D eigenvalue weighted by Gasteiger charge is 2.59. The van der Waals surface area contributed by atoms with Crippen molar-refractivity contribution in [2.45, 2.75) is 6.42 Å². The number of hydrogen-bond donors (Lipinski definition) is 0. The van der Waals surface area contributed by atoms with Gasteiger partial charge in [0.2, 0.25) is 11.8 Å². The molecule has 1 heterocycles. The van der Waals surface area contributed by atoms with Gasteiger partial charge in [0, 0.05) is 5.02 Å². The van der Waals surface area contributed by atoms with Gasteiger partial charge in [0.1, 0.15) is 5.82 Å². The molecular weight excluding hydrogens is 281 g/mol. The van der Waals surface area contributed by atoms with E-state index in [9.17, 15) is 14.0 Å². The zero-order valence-corrected chi connectivity index (χ0v) is 11.2. The van der Waals surface area contributed by atoms with E-state index in [4.69, 9.17) is 11.6 Å². The first kappa shape index (κ1) is 12.1. The molecule has 2 fully saturated rings. The van der Waals surface area contributed by atoms with Gasteiger partial charge in [-0.05, 0) is 36.5 Å². The number of carbonyl (C=O) groups excluding carboxylic acids is 2. The van der Waals surface area contributed by atoms with Gasteiger partial charge in [-0.2, -0.15) is 0 Å². The Kier molecular flexibility index (Phi) is 2.37. The van der Waals surface area contributed by atoms with E-state index in [1.165, 1.54) is 12.1 Å². The topological polar surface area (TPSA) is 37.4 Å². The van der Waals surface area contributed by atoms with Gasteiger partial charge in [0.05, 0.1) is 17.5 Å². The molecule has 20 heavy (non-hydrogen) atoms. The summed E-state index contributed by atoms with van der Waals surface area (Å²) in [5, 5.41) is 0.243. The highest BCUT2D eigenvalue weighted by atomic mass is 35.5. The number of fused-ring (bicyclic) bond motifs is 5.